The zero-order valence-electron chi connectivity index (χ0n) is 19.1. The van der Waals surface area contributed by atoms with Gasteiger partial charge in [0, 0.05) is 30.7 Å². The molecule has 1 aromatic carbocycles. The van der Waals surface area contributed by atoms with Crippen molar-refractivity contribution in [2.45, 2.75) is 63.4 Å². The lowest BCUT2D eigenvalue weighted by molar-refractivity contribution is -0.308. The van der Waals surface area contributed by atoms with Gasteiger partial charge in [-0.25, -0.2) is 4.79 Å². The van der Waals surface area contributed by atoms with Gasteiger partial charge in [-0.2, -0.15) is 39.5 Å². The van der Waals surface area contributed by atoms with E-state index in [0.29, 0.717) is 5.56 Å². The van der Waals surface area contributed by atoms with Gasteiger partial charge in [0.05, 0.1) is 12.2 Å². The van der Waals surface area contributed by atoms with Crippen LogP contribution in [0.15, 0.2) is 18.2 Å². The summed E-state index contributed by atoms with van der Waals surface area (Å²) < 4.78 is 124. The maximum atomic E-state index is 13.0. The van der Waals surface area contributed by atoms with Gasteiger partial charge in [-0.05, 0) is 45.9 Å². The van der Waals surface area contributed by atoms with E-state index in [4.69, 9.17) is 4.74 Å². The number of likely N-dealkylation sites (tertiary alicyclic amines) is 1. The molecule has 35 heavy (non-hydrogen) atoms. The Kier molecular flexibility index (Phi) is 8.50. The van der Waals surface area contributed by atoms with Gasteiger partial charge >= 0.3 is 24.6 Å². The summed E-state index contributed by atoms with van der Waals surface area (Å²) in [5.41, 5.74) is -1.07. The van der Waals surface area contributed by atoms with Gasteiger partial charge in [-0.15, -0.1) is 0 Å². The maximum Gasteiger partial charge on any atom is 0.434 e. The van der Waals surface area contributed by atoms with Crippen LogP contribution < -0.4 is 4.74 Å². The zero-order valence-corrected chi connectivity index (χ0v) is 19.1. The van der Waals surface area contributed by atoms with Crippen molar-refractivity contribution in [3.8, 4) is 5.75 Å². The summed E-state index contributed by atoms with van der Waals surface area (Å²) in [5.74, 6) is 0.0455. The molecule has 5 nitrogen and oxygen atoms in total. The van der Waals surface area contributed by atoms with Crippen LogP contribution in [0.4, 0.5) is 44.3 Å². The fraction of sp³-hybridized carbons (Fsp3) is 0.667. The van der Waals surface area contributed by atoms with E-state index in [1.54, 1.807) is 25.8 Å². The number of carbonyl (C=O) groups excluding carboxylic acids is 1. The normalized spacial score (nSPS) is 17.1. The number of hydrogen-bond acceptors (Lipinski definition) is 4. The second kappa shape index (κ2) is 10.3. The molecule has 0 radical (unpaired) electrons. The highest BCUT2D eigenvalue weighted by Gasteiger charge is 2.60. The number of benzene rings is 1. The van der Waals surface area contributed by atoms with Gasteiger partial charge in [0.2, 0.25) is 0 Å². The van der Waals surface area contributed by atoms with Gasteiger partial charge < -0.3 is 14.4 Å². The number of ether oxygens (including phenoxy) is 2. The Morgan fingerprint density at radius 3 is 2.06 bits per heavy atom. The fourth-order valence-corrected chi connectivity index (χ4v) is 3.65. The number of piperidine rings is 1. The van der Waals surface area contributed by atoms with Crippen molar-refractivity contribution < 1.29 is 53.8 Å². The summed E-state index contributed by atoms with van der Waals surface area (Å²) in [6.45, 7) is 3.32. The van der Waals surface area contributed by atoms with Crippen LogP contribution in [-0.4, -0.2) is 66.6 Å². The topological polar surface area (TPSA) is 42.0 Å². The molecule has 1 saturated heterocycles. The second-order valence-electron chi connectivity index (χ2n) is 8.44. The quantitative estimate of drug-likeness (QED) is 0.427. The summed E-state index contributed by atoms with van der Waals surface area (Å²) in [6, 6.07) is 3.10. The highest BCUT2D eigenvalue weighted by molar-refractivity contribution is 5.68. The Bertz CT molecular complexity index is 862. The molecule has 1 heterocycles. The highest BCUT2D eigenvalue weighted by Crippen LogP contribution is 2.38. The van der Waals surface area contributed by atoms with E-state index < -0.39 is 41.8 Å². The molecule has 0 unspecified atom stereocenters. The average Bonchev–Trinajstić information content (AvgIpc) is 2.71. The van der Waals surface area contributed by atoms with Gasteiger partial charge in [0.15, 0.2) is 0 Å². The third kappa shape index (κ3) is 7.31. The van der Waals surface area contributed by atoms with Crippen molar-refractivity contribution >= 4 is 6.09 Å². The van der Waals surface area contributed by atoms with Crippen LogP contribution in [-0.2, 0) is 17.5 Å². The molecule has 1 aliphatic rings. The lowest BCUT2D eigenvalue weighted by atomic mass is 9.87. The first-order valence-electron chi connectivity index (χ1n) is 10.5. The number of halogens is 9. The van der Waals surface area contributed by atoms with Crippen molar-refractivity contribution in [1.82, 2.24) is 9.80 Å². The van der Waals surface area contributed by atoms with Crippen LogP contribution in [0.5, 0.6) is 5.75 Å². The molecule has 0 spiro atoms. The highest BCUT2D eigenvalue weighted by atomic mass is 19.4. The summed E-state index contributed by atoms with van der Waals surface area (Å²) in [4.78, 5) is 14.5. The predicted octanol–water partition coefficient (Wildman–Crippen LogP) is 6.02. The average molecular weight is 524 g/mol. The molecule has 14 heteroatoms. The molecule has 0 saturated carbocycles. The van der Waals surface area contributed by atoms with Crippen molar-refractivity contribution in [2.75, 3.05) is 26.7 Å². The van der Waals surface area contributed by atoms with Crippen LogP contribution in [0.3, 0.4) is 0 Å². The molecule has 200 valence electrons. The third-order valence-corrected chi connectivity index (χ3v) is 5.94. The number of carbonyl (C=O) groups is 1. The lowest BCUT2D eigenvalue weighted by Gasteiger charge is -2.45. The van der Waals surface area contributed by atoms with Crippen LogP contribution in [0.2, 0.25) is 0 Å². The van der Waals surface area contributed by atoms with Crippen molar-refractivity contribution in [2.24, 2.45) is 0 Å². The van der Waals surface area contributed by atoms with Crippen molar-refractivity contribution in [3.05, 3.63) is 29.3 Å². The van der Waals surface area contributed by atoms with Crippen molar-refractivity contribution in [1.29, 1.82) is 0 Å². The van der Waals surface area contributed by atoms with Crippen LogP contribution in [0, 0.1) is 0 Å². The molecule has 0 aromatic heterocycles. The SMILES string of the molecule is CCOc1cc(C(F)(F)F)ccc1CN(C)C1(C)CCN(C(=O)OC(C(F)(F)F)C(F)(F)F)CC1. The smallest absolute Gasteiger partial charge is 0.434 e. The zero-order chi connectivity index (χ0) is 26.8. The lowest BCUT2D eigenvalue weighted by Crippen LogP contribution is -2.54. The summed E-state index contributed by atoms with van der Waals surface area (Å²) in [5, 5.41) is 0. The molecular formula is C21H25F9N2O3. The van der Waals surface area contributed by atoms with E-state index in [-0.39, 0.29) is 44.8 Å². The molecule has 1 aliphatic heterocycles. The number of hydrogen-bond donors (Lipinski definition) is 0. The minimum Gasteiger partial charge on any atom is -0.494 e. The second-order valence-corrected chi connectivity index (χ2v) is 8.44. The van der Waals surface area contributed by atoms with Crippen LogP contribution >= 0.6 is 0 Å². The number of rotatable bonds is 6. The molecule has 0 bridgehead atoms. The van der Waals surface area contributed by atoms with E-state index in [2.05, 4.69) is 4.74 Å². The monoisotopic (exact) mass is 524 g/mol. The van der Waals surface area contributed by atoms with Gasteiger partial charge in [-0.1, -0.05) is 6.07 Å². The van der Waals surface area contributed by atoms with E-state index in [1.165, 1.54) is 6.07 Å². The molecular weight excluding hydrogens is 499 g/mol. The minimum atomic E-state index is -5.81. The van der Waals surface area contributed by atoms with Gasteiger partial charge in [0.1, 0.15) is 5.75 Å². The molecule has 1 aromatic rings. The first-order valence-corrected chi connectivity index (χ1v) is 10.5. The fourth-order valence-electron chi connectivity index (χ4n) is 3.65. The molecule has 1 amide bonds. The maximum absolute atomic E-state index is 13.0. The summed E-state index contributed by atoms with van der Waals surface area (Å²) in [6.07, 6.45) is -21.8. The number of nitrogens with zero attached hydrogens (tertiary/aromatic N) is 2. The first-order chi connectivity index (χ1) is 15.9. The van der Waals surface area contributed by atoms with E-state index in [0.717, 1.165) is 17.0 Å². The van der Waals surface area contributed by atoms with E-state index >= 15 is 0 Å². The Morgan fingerprint density at radius 1 is 1.06 bits per heavy atom. The van der Waals surface area contributed by atoms with E-state index in [9.17, 15) is 44.3 Å². The van der Waals surface area contributed by atoms with Gasteiger partial charge in [0.25, 0.3) is 6.10 Å². The standard InChI is InChI=1S/C21H25F9N2O3/c1-4-34-15-11-14(19(22,23)24)6-5-13(15)12-31(3)18(2)7-9-32(10-8-18)17(33)35-16(20(25,26)27)21(28,29)30/h5-6,11,16H,4,7-10,12H2,1-3H3. The Hall–Kier alpha value is -2.38. The number of alkyl halides is 9. The summed E-state index contributed by atoms with van der Waals surface area (Å²) >= 11 is 0. The van der Waals surface area contributed by atoms with E-state index in [1.807, 2.05) is 0 Å². The third-order valence-electron chi connectivity index (χ3n) is 5.94. The van der Waals surface area contributed by atoms with Crippen molar-refractivity contribution in [3.63, 3.8) is 0 Å². The summed E-state index contributed by atoms with van der Waals surface area (Å²) in [7, 11) is 1.67. The largest absolute Gasteiger partial charge is 0.494 e. The Morgan fingerprint density at radius 2 is 1.60 bits per heavy atom. The predicted molar refractivity (Wildman–Crippen MR) is 106 cm³/mol. The minimum absolute atomic E-state index is 0.0455. The number of amides is 1. The Balaban J connectivity index is 2.07. The molecule has 1 fully saturated rings. The molecule has 0 atom stereocenters. The van der Waals surface area contributed by atoms with Crippen LogP contribution in [0.25, 0.3) is 0 Å². The molecule has 0 N–H and O–H groups in total. The first kappa shape index (κ1) is 28.9. The Labute approximate surface area is 195 Å². The molecule has 0 aliphatic carbocycles. The van der Waals surface area contributed by atoms with Crippen LogP contribution in [0.1, 0.15) is 37.8 Å². The molecule has 2 rings (SSSR count). The van der Waals surface area contributed by atoms with Gasteiger partial charge in [-0.3, -0.25) is 4.90 Å².